The first-order valence-corrected chi connectivity index (χ1v) is 9.44. The Morgan fingerprint density at radius 2 is 1.86 bits per heavy atom. The molecule has 28 heavy (non-hydrogen) atoms. The number of carbonyl (C=O) groups is 1. The number of imidazole rings is 1. The van der Waals surface area contributed by atoms with Gasteiger partial charge in [-0.3, -0.25) is 4.79 Å². The van der Waals surface area contributed by atoms with E-state index < -0.39 is 5.82 Å². The van der Waals surface area contributed by atoms with Crippen molar-refractivity contribution in [3.8, 4) is 11.5 Å². The quantitative estimate of drug-likeness (QED) is 0.730. The van der Waals surface area contributed by atoms with Gasteiger partial charge in [-0.15, -0.1) is 0 Å². The van der Waals surface area contributed by atoms with Crippen molar-refractivity contribution < 1.29 is 18.7 Å². The first-order chi connectivity index (χ1) is 13.6. The summed E-state index contributed by atoms with van der Waals surface area (Å²) in [7, 11) is 0. The molecule has 0 fully saturated rings. The molecule has 0 aliphatic carbocycles. The molecule has 0 unspecified atom stereocenters. The monoisotopic (exact) mass is 383 g/mol. The molecule has 7 heteroatoms. The molecule has 6 nitrogen and oxygen atoms in total. The molecule has 0 spiro atoms. The summed E-state index contributed by atoms with van der Waals surface area (Å²) in [6.07, 6.45) is 2.17. The van der Waals surface area contributed by atoms with Gasteiger partial charge < -0.3 is 19.4 Å². The van der Waals surface area contributed by atoms with Gasteiger partial charge in [0.1, 0.15) is 11.3 Å². The van der Waals surface area contributed by atoms with Crippen LogP contribution in [0.5, 0.6) is 11.5 Å². The number of hydrogen-bond donors (Lipinski definition) is 1. The third-order valence-corrected chi connectivity index (χ3v) is 4.88. The predicted molar refractivity (Wildman–Crippen MR) is 103 cm³/mol. The topological polar surface area (TPSA) is 67.5 Å². The highest BCUT2D eigenvalue weighted by atomic mass is 19.1. The van der Waals surface area contributed by atoms with Crippen LogP contribution in [0, 0.1) is 5.82 Å². The van der Waals surface area contributed by atoms with Gasteiger partial charge >= 0.3 is 0 Å². The second-order valence-electron chi connectivity index (χ2n) is 6.66. The van der Waals surface area contributed by atoms with Gasteiger partial charge in [0, 0.05) is 13.1 Å². The molecule has 1 aliphatic rings. The molecule has 0 radical (unpaired) electrons. The Morgan fingerprint density at radius 1 is 1.14 bits per heavy atom. The van der Waals surface area contributed by atoms with Gasteiger partial charge in [-0.1, -0.05) is 0 Å². The van der Waals surface area contributed by atoms with Crippen LogP contribution in [0.1, 0.15) is 35.3 Å². The van der Waals surface area contributed by atoms with Gasteiger partial charge in [0.15, 0.2) is 11.5 Å². The summed E-state index contributed by atoms with van der Waals surface area (Å²) in [5.41, 5.74) is 3.43. The zero-order valence-corrected chi connectivity index (χ0v) is 15.9. The summed E-state index contributed by atoms with van der Waals surface area (Å²) >= 11 is 0. The Kier molecular flexibility index (Phi) is 4.90. The molecule has 1 N–H and O–H groups in total. The molecule has 146 valence electrons. The molecule has 0 saturated carbocycles. The van der Waals surface area contributed by atoms with Crippen LogP contribution in [-0.2, 0) is 13.0 Å². The van der Waals surface area contributed by atoms with Crippen molar-refractivity contribution in [3.63, 3.8) is 0 Å². The highest BCUT2D eigenvalue weighted by Crippen LogP contribution is 2.34. The van der Waals surface area contributed by atoms with Crippen molar-refractivity contribution in [2.75, 3.05) is 19.8 Å². The van der Waals surface area contributed by atoms with E-state index in [0.717, 1.165) is 16.9 Å². The fourth-order valence-corrected chi connectivity index (χ4v) is 3.62. The SMILES string of the molecule is CCOc1cc2c(cc1OCC)CN(C(=O)c1cc(F)cc3[nH]cnc13)CC2. The molecule has 2 aromatic carbocycles. The summed E-state index contributed by atoms with van der Waals surface area (Å²) in [6.45, 7) is 5.93. The number of benzene rings is 2. The molecule has 0 bridgehead atoms. The van der Waals surface area contributed by atoms with Crippen LogP contribution in [0.2, 0.25) is 0 Å². The highest BCUT2D eigenvalue weighted by molar-refractivity contribution is 6.04. The Morgan fingerprint density at radius 3 is 2.57 bits per heavy atom. The van der Waals surface area contributed by atoms with E-state index in [2.05, 4.69) is 9.97 Å². The van der Waals surface area contributed by atoms with E-state index in [1.807, 2.05) is 26.0 Å². The lowest BCUT2D eigenvalue weighted by Crippen LogP contribution is -2.36. The summed E-state index contributed by atoms with van der Waals surface area (Å²) in [4.78, 5) is 21.9. The van der Waals surface area contributed by atoms with E-state index >= 15 is 0 Å². The molecule has 3 aromatic rings. The lowest BCUT2D eigenvalue weighted by atomic mass is 9.98. The largest absolute Gasteiger partial charge is 0.490 e. The van der Waals surface area contributed by atoms with E-state index in [9.17, 15) is 9.18 Å². The number of amides is 1. The summed E-state index contributed by atoms with van der Waals surface area (Å²) in [6, 6.07) is 6.54. The number of nitrogens with one attached hydrogen (secondary N) is 1. The number of nitrogens with zero attached hydrogens (tertiary/aromatic N) is 2. The van der Waals surface area contributed by atoms with Crippen molar-refractivity contribution >= 4 is 16.9 Å². The van der Waals surface area contributed by atoms with E-state index in [4.69, 9.17) is 9.47 Å². The van der Waals surface area contributed by atoms with Crippen LogP contribution in [0.3, 0.4) is 0 Å². The lowest BCUT2D eigenvalue weighted by molar-refractivity contribution is 0.0735. The molecule has 0 atom stereocenters. The number of hydrogen-bond acceptors (Lipinski definition) is 4. The van der Waals surface area contributed by atoms with Gasteiger partial charge in [0.25, 0.3) is 5.91 Å². The normalized spacial score (nSPS) is 13.5. The second-order valence-corrected chi connectivity index (χ2v) is 6.66. The zero-order valence-electron chi connectivity index (χ0n) is 15.9. The molecular weight excluding hydrogens is 361 g/mol. The van der Waals surface area contributed by atoms with Gasteiger partial charge in [0.2, 0.25) is 0 Å². The molecule has 4 rings (SSSR count). The van der Waals surface area contributed by atoms with Crippen LogP contribution in [0.15, 0.2) is 30.6 Å². The number of ether oxygens (including phenoxy) is 2. The minimum absolute atomic E-state index is 0.228. The summed E-state index contributed by atoms with van der Waals surface area (Å²) < 4.78 is 25.3. The van der Waals surface area contributed by atoms with Crippen molar-refractivity contribution in [2.45, 2.75) is 26.8 Å². The molecule has 0 saturated heterocycles. The van der Waals surface area contributed by atoms with Gasteiger partial charge in [0.05, 0.1) is 30.6 Å². The maximum absolute atomic E-state index is 13.9. The molecule has 1 aliphatic heterocycles. The Hall–Kier alpha value is -3.09. The number of aromatic amines is 1. The molecule has 2 heterocycles. The van der Waals surface area contributed by atoms with E-state index in [1.54, 1.807) is 4.90 Å². The molecule has 1 aromatic heterocycles. The Balaban J connectivity index is 1.65. The number of H-pyrrole nitrogens is 1. The maximum Gasteiger partial charge on any atom is 0.256 e. The van der Waals surface area contributed by atoms with Gasteiger partial charge in [-0.25, -0.2) is 9.37 Å². The lowest BCUT2D eigenvalue weighted by Gasteiger charge is -2.30. The fourth-order valence-electron chi connectivity index (χ4n) is 3.62. The summed E-state index contributed by atoms with van der Waals surface area (Å²) in [5.74, 6) is 0.718. The van der Waals surface area contributed by atoms with E-state index in [1.165, 1.54) is 18.5 Å². The van der Waals surface area contributed by atoms with Crippen LogP contribution in [-0.4, -0.2) is 40.5 Å². The van der Waals surface area contributed by atoms with Crippen LogP contribution < -0.4 is 9.47 Å². The Bertz CT molecular complexity index is 1030. The van der Waals surface area contributed by atoms with Crippen LogP contribution >= 0.6 is 0 Å². The van der Waals surface area contributed by atoms with Crippen molar-refractivity contribution in [1.82, 2.24) is 14.9 Å². The predicted octanol–water partition coefficient (Wildman–Crippen LogP) is 3.70. The van der Waals surface area contributed by atoms with Gasteiger partial charge in [-0.2, -0.15) is 0 Å². The minimum Gasteiger partial charge on any atom is -0.490 e. The van der Waals surface area contributed by atoms with Crippen LogP contribution in [0.4, 0.5) is 4.39 Å². The number of aromatic nitrogens is 2. The highest BCUT2D eigenvalue weighted by Gasteiger charge is 2.26. The average Bonchev–Trinajstić information content (AvgIpc) is 3.15. The number of halogens is 1. The van der Waals surface area contributed by atoms with Crippen molar-refractivity contribution in [2.24, 2.45) is 0 Å². The zero-order chi connectivity index (χ0) is 19.7. The fraction of sp³-hybridized carbons (Fsp3) is 0.333. The van der Waals surface area contributed by atoms with Gasteiger partial charge in [-0.05, 0) is 55.7 Å². The number of rotatable bonds is 5. The molecule has 1 amide bonds. The van der Waals surface area contributed by atoms with Crippen molar-refractivity contribution in [3.05, 3.63) is 53.1 Å². The number of carbonyl (C=O) groups excluding carboxylic acids is 1. The number of fused-ring (bicyclic) bond motifs is 2. The van der Waals surface area contributed by atoms with E-state index in [0.29, 0.717) is 49.5 Å². The van der Waals surface area contributed by atoms with Crippen molar-refractivity contribution in [1.29, 1.82) is 0 Å². The first kappa shape index (κ1) is 18.3. The van der Waals surface area contributed by atoms with Crippen LogP contribution in [0.25, 0.3) is 11.0 Å². The minimum atomic E-state index is -0.461. The molecular formula is C21H22FN3O3. The second kappa shape index (κ2) is 7.50. The standard InChI is InChI=1S/C21H22FN3O3/c1-3-27-18-7-13-5-6-25(11-14(13)8-19(18)28-4-2)21(26)16-9-15(22)10-17-20(16)24-12-23-17/h7-10,12H,3-6,11H2,1-2H3,(H,23,24). The maximum atomic E-state index is 13.9. The Labute approximate surface area is 162 Å². The smallest absolute Gasteiger partial charge is 0.256 e. The summed E-state index contributed by atoms with van der Waals surface area (Å²) in [5, 5.41) is 0. The van der Waals surface area contributed by atoms with E-state index in [-0.39, 0.29) is 11.5 Å². The third-order valence-electron chi connectivity index (χ3n) is 4.88. The average molecular weight is 383 g/mol. The first-order valence-electron chi connectivity index (χ1n) is 9.44. The third kappa shape index (κ3) is 3.28.